The van der Waals surface area contributed by atoms with Crippen LogP contribution in [0.2, 0.25) is 0 Å². The highest BCUT2D eigenvalue weighted by Gasteiger charge is 2.15. The van der Waals surface area contributed by atoms with E-state index in [1.54, 1.807) is 6.20 Å². The summed E-state index contributed by atoms with van der Waals surface area (Å²) in [6, 6.07) is 3.69. The minimum Gasteiger partial charge on any atom is -0.397 e. The van der Waals surface area contributed by atoms with Crippen molar-refractivity contribution in [3.05, 3.63) is 28.6 Å². The topological polar surface area (TPSA) is 94.9 Å². The molecule has 90 valence electrons. The number of nitrogen functional groups attached to an aromatic ring is 1. The van der Waals surface area contributed by atoms with Crippen molar-refractivity contribution in [3.8, 4) is 10.7 Å². The Morgan fingerprint density at radius 3 is 2.83 bits per heavy atom. The Morgan fingerprint density at radius 2 is 2.17 bits per heavy atom. The number of anilines is 1. The number of thiophene rings is 1. The fourth-order valence-electron chi connectivity index (χ4n) is 1.65. The van der Waals surface area contributed by atoms with Gasteiger partial charge in [-0.25, -0.2) is 9.97 Å². The molecule has 3 aromatic rings. The molecule has 0 atom stereocenters. The summed E-state index contributed by atoms with van der Waals surface area (Å²) in [6.45, 7) is 0. The van der Waals surface area contributed by atoms with Gasteiger partial charge in [0, 0.05) is 17.0 Å². The molecule has 7 heteroatoms. The molecule has 3 heterocycles. The lowest BCUT2D eigenvalue weighted by molar-refractivity contribution is 0.100. The summed E-state index contributed by atoms with van der Waals surface area (Å²) in [4.78, 5) is 20.9. The van der Waals surface area contributed by atoms with Crippen LogP contribution in [0.15, 0.2) is 23.7 Å². The Bertz CT molecular complexity index is 733. The number of carbonyl (C=O) groups is 1. The van der Waals surface area contributed by atoms with Crippen molar-refractivity contribution in [2.45, 2.75) is 0 Å². The predicted molar refractivity (Wildman–Crippen MR) is 73.7 cm³/mol. The van der Waals surface area contributed by atoms with E-state index in [-0.39, 0.29) is 0 Å². The zero-order valence-corrected chi connectivity index (χ0v) is 10.7. The van der Waals surface area contributed by atoms with E-state index in [0.29, 0.717) is 15.4 Å². The summed E-state index contributed by atoms with van der Waals surface area (Å²) in [6.07, 6.45) is 1.73. The Morgan fingerprint density at radius 1 is 1.33 bits per heavy atom. The number of nitrogens with zero attached hydrogens (tertiary/aromatic N) is 2. The van der Waals surface area contributed by atoms with Crippen LogP contribution in [-0.2, 0) is 0 Å². The van der Waals surface area contributed by atoms with Crippen LogP contribution >= 0.6 is 22.7 Å². The standard InChI is InChI=1S/C11H8N4OS2/c12-7-5-1-2-6(11-14-3-4-17-11)15-10(5)18-8(7)9(13)16/h1-4H,12H2,(H2,13,16). The third-order valence-electron chi connectivity index (χ3n) is 2.47. The summed E-state index contributed by atoms with van der Waals surface area (Å²) >= 11 is 2.72. The Hall–Kier alpha value is -1.99. The van der Waals surface area contributed by atoms with Gasteiger partial charge < -0.3 is 11.5 Å². The number of pyridine rings is 1. The van der Waals surface area contributed by atoms with E-state index in [1.807, 2.05) is 17.5 Å². The highest BCUT2D eigenvalue weighted by molar-refractivity contribution is 7.21. The molecule has 3 rings (SSSR count). The highest BCUT2D eigenvalue weighted by atomic mass is 32.1. The van der Waals surface area contributed by atoms with Crippen LogP contribution in [0, 0.1) is 0 Å². The molecule has 0 aliphatic rings. The molecule has 18 heavy (non-hydrogen) atoms. The van der Waals surface area contributed by atoms with Crippen LogP contribution in [-0.4, -0.2) is 15.9 Å². The maximum absolute atomic E-state index is 11.2. The Balaban J connectivity index is 2.22. The second-order valence-electron chi connectivity index (χ2n) is 3.60. The van der Waals surface area contributed by atoms with E-state index < -0.39 is 5.91 Å². The molecule has 5 nitrogen and oxygen atoms in total. The molecule has 0 fully saturated rings. The molecule has 0 aliphatic heterocycles. The van der Waals surface area contributed by atoms with Crippen LogP contribution in [0.1, 0.15) is 9.67 Å². The molecular formula is C11H8N4OS2. The molecule has 0 unspecified atom stereocenters. The zero-order valence-electron chi connectivity index (χ0n) is 9.08. The first kappa shape index (κ1) is 11.1. The van der Waals surface area contributed by atoms with Crippen molar-refractivity contribution < 1.29 is 4.79 Å². The minimum absolute atomic E-state index is 0.355. The number of rotatable bonds is 2. The van der Waals surface area contributed by atoms with E-state index in [1.165, 1.54) is 22.7 Å². The van der Waals surface area contributed by atoms with E-state index >= 15 is 0 Å². The van der Waals surface area contributed by atoms with Gasteiger partial charge in [-0.1, -0.05) is 0 Å². The van der Waals surface area contributed by atoms with Crippen molar-refractivity contribution in [3.63, 3.8) is 0 Å². The molecule has 4 N–H and O–H groups in total. The number of nitrogens with two attached hydrogens (primary N) is 2. The van der Waals surface area contributed by atoms with Crippen molar-refractivity contribution >= 4 is 44.5 Å². The summed E-state index contributed by atoms with van der Waals surface area (Å²) in [5, 5.41) is 3.48. The molecular weight excluding hydrogens is 268 g/mol. The van der Waals surface area contributed by atoms with Crippen LogP contribution in [0.5, 0.6) is 0 Å². The van der Waals surface area contributed by atoms with E-state index in [4.69, 9.17) is 11.5 Å². The minimum atomic E-state index is -0.522. The molecule has 0 aliphatic carbocycles. The maximum Gasteiger partial charge on any atom is 0.260 e. The second kappa shape index (κ2) is 4.04. The molecule has 0 radical (unpaired) electrons. The van der Waals surface area contributed by atoms with Gasteiger partial charge in [0.05, 0.1) is 5.69 Å². The smallest absolute Gasteiger partial charge is 0.260 e. The van der Waals surface area contributed by atoms with Gasteiger partial charge in [0.2, 0.25) is 0 Å². The van der Waals surface area contributed by atoms with Crippen molar-refractivity contribution in [1.29, 1.82) is 0 Å². The first-order valence-electron chi connectivity index (χ1n) is 5.05. The number of fused-ring (bicyclic) bond motifs is 1. The number of hydrogen-bond donors (Lipinski definition) is 2. The van der Waals surface area contributed by atoms with Gasteiger partial charge in [-0.05, 0) is 12.1 Å². The molecule has 0 spiro atoms. The molecule has 1 amide bonds. The molecule has 3 aromatic heterocycles. The highest BCUT2D eigenvalue weighted by Crippen LogP contribution is 2.33. The monoisotopic (exact) mass is 276 g/mol. The van der Waals surface area contributed by atoms with Gasteiger partial charge >= 0.3 is 0 Å². The molecule has 0 saturated heterocycles. The maximum atomic E-state index is 11.2. The third-order valence-corrected chi connectivity index (χ3v) is 4.39. The molecule has 0 aromatic carbocycles. The number of hydrogen-bond acceptors (Lipinski definition) is 6. The van der Waals surface area contributed by atoms with Crippen LogP contribution < -0.4 is 11.5 Å². The zero-order chi connectivity index (χ0) is 12.7. The number of amides is 1. The van der Waals surface area contributed by atoms with Crippen LogP contribution in [0.3, 0.4) is 0 Å². The Labute approximate surface area is 110 Å². The number of primary amides is 1. The van der Waals surface area contributed by atoms with Gasteiger partial charge in [0.25, 0.3) is 5.91 Å². The fraction of sp³-hybridized carbons (Fsp3) is 0. The van der Waals surface area contributed by atoms with Gasteiger partial charge in [-0.2, -0.15) is 0 Å². The van der Waals surface area contributed by atoms with Crippen molar-refractivity contribution in [2.75, 3.05) is 5.73 Å². The van der Waals surface area contributed by atoms with Crippen LogP contribution in [0.4, 0.5) is 5.69 Å². The quantitative estimate of drug-likeness (QED) is 0.749. The summed E-state index contributed by atoms with van der Waals surface area (Å²) in [7, 11) is 0. The number of carbonyl (C=O) groups excluding carboxylic acids is 1. The van der Waals surface area contributed by atoms with E-state index in [0.717, 1.165) is 16.1 Å². The predicted octanol–water partition coefficient (Wildman–Crippen LogP) is 2.10. The number of thiazole rings is 1. The molecule has 0 bridgehead atoms. The average molecular weight is 276 g/mol. The first-order chi connectivity index (χ1) is 8.66. The lowest BCUT2D eigenvalue weighted by Crippen LogP contribution is -2.10. The third kappa shape index (κ3) is 1.64. The van der Waals surface area contributed by atoms with Crippen molar-refractivity contribution in [1.82, 2.24) is 9.97 Å². The summed E-state index contributed by atoms with van der Waals surface area (Å²) < 4.78 is 0. The van der Waals surface area contributed by atoms with Gasteiger partial charge in [0.15, 0.2) is 0 Å². The SMILES string of the molecule is NC(=O)c1sc2nc(-c3nccs3)ccc2c1N. The lowest BCUT2D eigenvalue weighted by Gasteiger charge is -1.96. The summed E-state index contributed by atoms with van der Waals surface area (Å²) in [5.74, 6) is -0.522. The van der Waals surface area contributed by atoms with Crippen molar-refractivity contribution in [2.24, 2.45) is 5.73 Å². The average Bonchev–Trinajstić information content (AvgIpc) is 2.97. The molecule has 0 saturated carbocycles. The largest absolute Gasteiger partial charge is 0.397 e. The lowest BCUT2D eigenvalue weighted by atomic mass is 10.2. The normalized spacial score (nSPS) is 10.9. The van der Waals surface area contributed by atoms with Gasteiger partial charge in [-0.3, -0.25) is 4.79 Å². The van der Waals surface area contributed by atoms with E-state index in [2.05, 4.69) is 9.97 Å². The Kier molecular flexibility index (Phi) is 2.49. The van der Waals surface area contributed by atoms with Gasteiger partial charge in [0.1, 0.15) is 20.4 Å². The van der Waals surface area contributed by atoms with Crippen LogP contribution in [0.25, 0.3) is 20.9 Å². The number of aromatic nitrogens is 2. The van der Waals surface area contributed by atoms with E-state index in [9.17, 15) is 4.79 Å². The second-order valence-corrected chi connectivity index (χ2v) is 5.49. The van der Waals surface area contributed by atoms with Gasteiger partial charge in [-0.15, -0.1) is 22.7 Å². The fourth-order valence-corrected chi connectivity index (χ4v) is 3.20. The summed E-state index contributed by atoms with van der Waals surface area (Å²) in [5.41, 5.74) is 12.3. The first-order valence-corrected chi connectivity index (χ1v) is 6.75.